The summed E-state index contributed by atoms with van der Waals surface area (Å²) < 4.78 is 39.7. The molecule has 0 radical (unpaired) electrons. The van der Waals surface area contributed by atoms with Crippen LogP contribution in [-0.2, 0) is 0 Å². The number of aryl methyl sites for hydroxylation is 1. The molecule has 2 nitrogen and oxygen atoms in total. The fourth-order valence-electron chi connectivity index (χ4n) is 1.58. The maximum Gasteiger partial charge on any atom is 0.165 e. The Bertz CT molecular complexity index is 569. The topological polar surface area (TPSA) is 33.1 Å². The highest BCUT2D eigenvalue weighted by Gasteiger charge is 2.20. The summed E-state index contributed by atoms with van der Waals surface area (Å²) in [5.74, 6) is -2.69. The molecule has 1 aromatic heterocycles. The van der Waals surface area contributed by atoms with Crippen LogP contribution in [0.15, 0.2) is 30.5 Å². The number of pyridine rings is 1. The van der Waals surface area contributed by atoms with Crippen molar-refractivity contribution in [2.24, 2.45) is 0 Å². The molecule has 2 rings (SSSR count). The van der Waals surface area contributed by atoms with Crippen molar-refractivity contribution >= 4 is 0 Å². The summed E-state index contributed by atoms with van der Waals surface area (Å²) in [6.07, 6.45) is -0.526. The molecular formula is C13H10F3NO. The third kappa shape index (κ3) is 2.22. The monoisotopic (exact) mass is 253 g/mol. The van der Waals surface area contributed by atoms with Gasteiger partial charge in [-0.3, -0.25) is 4.98 Å². The summed E-state index contributed by atoms with van der Waals surface area (Å²) in [6.45, 7) is 1.42. The van der Waals surface area contributed by atoms with Crippen LogP contribution in [-0.4, -0.2) is 10.1 Å². The van der Waals surface area contributed by atoms with Gasteiger partial charge in [0.2, 0.25) is 0 Å². The lowest BCUT2D eigenvalue weighted by molar-refractivity contribution is 0.208. The summed E-state index contributed by atoms with van der Waals surface area (Å²) in [4.78, 5) is 3.63. The summed E-state index contributed by atoms with van der Waals surface area (Å²) >= 11 is 0. The van der Waals surface area contributed by atoms with E-state index in [9.17, 15) is 18.3 Å². The predicted molar refractivity (Wildman–Crippen MR) is 59.4 cm³/mol. The first-order chi connectivity index (χ1) is 8.50. The zero-order valence-electron chi connectivity index (χ0n) is 9.49. The molecule has 0 amide bonds. The molecule has 94 valence electrons. The molecule has 0 aliphatic carbocycles. The number of halogens is 3. The van der Waals surface area contributed by atoms with E-state index in [4.69, 9.17) is 0 Å². The van der Waals surface area contributed by atoms with Crippen LogP contribution in [0.4, 0.5) is 13.2 Å². The van der Waals surface area contributed by atoms with Crippen molar-refractivity contribution in [2.45, 2.75) is 13.0 Å². The van der Waals surface area contributed by atoms with Crippen molar-refractivity contribution in [1.82, 2.24) is 4.98 Å². The average molecular weight is 253 g/mol. The Morgan fingerprint density at radius 3 is 2.39 bits per heavy atom. The molecule has 2 aromatic rings. The highest BCUT2D eigenvalue weighted by atomic mass is 19.2. The second-order valence-corrected chi connectivity index (χ2v) is 3.90. The fraction of sp³-hybridized carbons (Fsp3) is 0.154. The maximum atomic E-state index is 13.6. The quantitative estimate of drug-likeness (QED) is 0.892. The molecule has 0 spiro atoms. The fourth-order valence-corrected chi connectivity index (χ4v) is 1.58. The van der Waals surface area contributed by atoms with Gasteiger partial charge in [-0.15, -0.1) is 0 Å². The van der Waals surface area contributed by atoms with Gasteiger partial charge in [-0.05, 0) is 24.6 Å². The van der Waals surface area contributed by atoms with E-state index in [1.165, 1.54) is 25.1 Å². The summed E-state index contributed by atoms with van der Waals surface area (Å²) in [6, 6.07) is 4.95. The number of aromatic nitrogens is 1. The molecular weight excluding hydrogens is 243 g/mol. The molecule has 1 atom stereocenters. The molecule has 0 saturated carbocycles. The number of rotatable bonds is 2. The van der Waals surface area contributed by atoms with Crippen molar-refractivity contribution in [3.05, 3.63) is 64.7 Å². The van der Waals surface area contributed by atoms with Gasteiger partial charge in [-0.1, -0.05) is 12.1 Å². The predicted octanol–water partition coefficient (Wildman–Crippen LogP) is 2.89. The summed E-state index contributed by atoms with van der Waals surface area (Å²) in [5, 5.41) is 9.89. The van der Waals surface area contributed by atoms with E-state index in [2.05, 4.69) is 4.98 Å². The molecule has 5 heteroatoms. The maximum absolute atomic E-state index is 13.6. The largest absolute Gasteiger partial charge is 0.382 e. The van der Waals surface area contributed by atoms with Crippen molar-refractivity contribution in [3.63, 3.8) is 0 Å². The molecule has 1 N–H and O–H groups in total. The van der Waals surface area contributed by atoms with Crippen LogP contribution in [0.2, 0.25) is 0 Å². The second-order valence-electron chi connectivity index (χ2n) is 3.90. The van der Waals surface area contributed by atoms with Crippen molar-refractivity contribution in [1.29, 1.82) is 0 Å². The summed E-state index contributed by atoms with van der Waals surface area (Å²) in [7, 11) is 0. The van der Waals surface area contributed by atoms with Crippen LogP contribution in [0.25, 0.3) is 0 Å². The van der Waals surface area contributed by atoms with E-state index in [-0.39, 0.29) is 16.8 Å². The molecule has 0 fully saturated rings. The standard InChI is InChI=1S/C13H10F3NO/c1-7-2-4-9(12(16)11(7)15)13(18)10-5-3-8(14)6-17-10/h2-6,13,18H,1H3. The minimum atomic E-state index is -1.43. The normalized spacial score (nSPS) is 12.5. The van der Waals surface area contributed by atoms with Crippen molar-refractivity contribution in [3.8, 4) is 0 Å². The molecule has 0 bridgehead atoms. The number of hydrogen-bond donors (Lipinski definition) is 1. The second kappa shape index (κ2) is 4.78. The lowest BCUT2D eigenvalue weighted by Crippen LogP contribution is -2.07. The third-order valence-electron chi connectivity index (χ3n) is 2.63. The Morgan fingerprint density at radius 1 is 1.06 bits per heavy atom. The molecule has 0 aliphatic heterocycles. The average Bonchev–Trinajstić information content (AvgIpc) is 2.36. The number of aliphatic hydroxyl groups excluding tert-OH is 1. The number of benzene rings is 1. The smallest absolute Gasteiger partial charge is 0.165 e. The Morgan fingerprint density at radius 2 is 1.78 bits per heavy atom. The zero-order valence-corrected chi connectivity index (χ0v) is 9.49. The van der Waals surface area contributed by atoms with Gasteiger partial charge in [-0.25, -0.2) is 13.2 Å². The van der Waals surface area contributed by atoms with E-state index in [1.807, 2.05) is 0 Å². The van der Waals surface area contributed by atoms with E-state index in [1.54, 1.807) is 0 Å². The third-order valence-corrected chi connectivity index (χ3v) is 2.63. The first kappa shape index (κ1) is 12.6. The first-order valence-corrected chi connectivity index (χ1v) is 5.24. The minimum Gasteiger partial charge on any atom is -0.382 e. The Hall–Kier alpha value is -1.88. The van der Waals surface area contributed by atoms with Gasteiger partial charge in [0.25, 0.3) is 0 Å². The molecule has 1 heterocycles. The van der Waals surface area contributed by atoms with Crippen molar-refractivity contribution in [2.75, 3.05) is 0 Å². The highest BCUT2D eigenvalue weighted by Crippen LogP contribution is 2.25. The Balaban J connectivity index is 2.43. The number of nitrogens with zero attached hydrogens (tertiary/aromatic N) is 1. The molecule has 18 heavy (non-hydrogen) atoms. The molecule has 0 saturated heterocycles. The number of hydrogen-bond acceptors (Lipinski definition) is 2. The summed E-state index contributed by atoms with van der Waals surface area (Å²) in [5.41, 5.74) is -0.0220. The van der Waals surface area contributed by atoms with Gasteiger partial charge in [0.15, 0.2) is 11.6 Å². The van der Waals surface area contributed by atoms with E-state index in [0.717, 1.165) is 12.3 Å². The van der Waals surface area contributed by atoms with Gasteiger partial charge in [-0.2, -0.15) is 0 Å². The number of aliphatic hydroxyl groups is 1. The zero-order chi connectivity index (χ0) is 13.3. The van der Waals surface area contributed by atoms with Crippen LogP contribution in [0.1, 0.15) is 22.9 Å². The van der Waals surface area contributed by atoms with Gasteiger partial charge < -0.3 is 5.11 Å². The highest BCUT2D eigenvalue weighted by molar-refractivity contribution is 5.31. The van der Waals surface area contributed by atoms with E-state index in [0.29, 0.717) is 0 Å². The van der Waals surface area contributed by atoms with Gasteiger partial charge in [0.1, 0.15) is 11.9 Å². The van der Waals surface area contributed by atoms with Gasteiger partial charge in [0.05, 0.1) is 11.9 Å². The molecule has 1 aromatic carbocycles. The van der Waals surface area contributed by atoms with Crippen LogP contribution >= 0.6 is 0 Å². The lowest BCUT2D eigenvalue weighted by Gasteiger charge is -2.12. The van der Waals surface area contributed by atoms with Crippen LogP contribution < -0.4 is 0 Å². The lowest BCUT2D eigenvalue weighted by atomic mass is 10.0. The minimum absolute atomic E-state index is 0.0542. The first-order valence-electron chi connectivity index (χ1n) is 5.24. The van der Waals surface area contributed by atoms with Crippen molar-refractivity contribution < 1.29 is 18.3 Å². The van der Waals surface area contributed by atoms with Gasteiger partial charge in [0, 0.05) is 5.56 Å². The SMILES string of the molecule is Cc1ccc(C(O)c2ccc(F)cn2)c(F)c1F. The van der Waals surface area contributed by atoms with E-state index < -0.39 is 23.6 Å². The van der Waals surface area contributed by atoms with Crippen LogP contribution in [0, 0.1) is 24.4 Å². The van der Waals surface area contributed by atoms with Crippen LogP contribution in [0.3, 0.4) is 0 Å². The molecule has 1 unspecified atom stereocenters. The van der Waals surface area contributed by atoms with Crippen LogP contribution in [0.5, 0.6) is 0 Å². The Kier molecular flexibility index (Phi) is 3.34. The molecule has 0 aliphatic rings. The van der Waals surface area contributed by atoms with E-state index >= 15 is 0 Å². The van der Waals surface area contributed by atoms with Gasteiger partial charge >= 0.3 is 0 Å². The Labute approximate surface area is 102 Å².